The maximum Gasteiger partial charge on any atom is 0.417 e. The van der Waals surface area contributed by atoms with Crippen molar-refractivity contribution >= 4 is 38.3 Å². The molecular weight excluding hydrogens is 525 g/mol. The molecule has 0 unspecified atom stereocenters. The molecular formula is C26H31F3N2O4S2. The predicted molar refractivity (Wildman–Crippen MR) is 142 cm³/mol. The van der Waals surface area contributed by atoms with Crippen LogP contribution in [0.1, 0.15) is 68.4 Å². The molecule has 202 valence electrons. The summed E-state index contributed by atoms with van der Waals surface area (Å²) in [6, 6.07) is 7.02. The largest absolute Gasteiger partial charge is 0.478 e. The van der Waals surface area contributed by atoms with Crippen molar-refractivity contribution in [2.75, 3.05) is 11.6 Å². The van der Waals surface area contributed by atoms with Crippen molar-refractivity contribution in [3.8, 4) is 0 Å². The van der Waals surface area contributed by atoms with Gasteiger partial charge in [0.15, 0.2) is 9.84 Å². The number of halogens is 3. The topological polar surface area (TPSA) is 96.4 Å². The van der Waals surface area contributed by atoms with Crippen LogP contribution in [0.25, 0.3) is 4.91 Å². The lowest BCUT2D eigenvalue weighted by Crippen LogP contribution is -2.12. The summed E-state index contributed by atoms with van der Waals surface area (Å²) in [7, 11) is -3.38. The smallest absolute Gasteiger partial charge is 0.417 e. The first-order valence-electron chi connectivity index (χ1n) is 11.6. The number of thioether (sulfide) groups is 1. The second kappa shape index (κ2) is 12.6. The van der Waals surface area contributed by atoms with Crippen LogP contribution < -0.4 is 5.32 Å². The molecule has 0 aliphatic rings. The molecule has 0 aliphatic heterocycles. The second-order valence-electron chi connectivity index (χ2n) is 8.97. The van der Waals surface area contributed by atoms with Gasteiger partial charge in [-0.2, -0.15) is 13.2 Å². The van der Waals surface area contributed by atoms with E-state index in [0.717, 1.165) is 35.1 Å². The zero-order chi connectivity index (χ0) is 28.0. The number of hydrogen-bond acceptors (Lipinski definition) is 6. The third-order valence-electron chi connectivity index (χ3n) is 5.32. The first-order valence-corrected chi connectivity index (χ1v) is 14.3. The van der Waals surface area contributed by atoms with Crippen molar-refractivity contribution in [3.63, 3.8) is 0 Å². The highest BCUT2D eigenvalue weighted by atomic mass is 32.2. The quantitative estimate of drug-likeness (QED) is 0.296. The second-order valence-corrected chi connectivity index (χ2v) is 12.0. The molecule has 0 radical (unpaired) electrons. The Morgan fingerprint density at radius 1 is 1.22 bits per heavy atom. The molecule has 6 nitrogen and oxygen atoms in total. The molecule has 2 aromatic rings. The number of alkyl halides is 3. The first-order chi connectivity index (χ1) is 17.1. The Balaban J connectivity index is 2.52. The van der Waals surface area contributed by atoms with E-state index in [-0.39, 0.29) is 10.7 Å². The fraction of sp³-hybridized carbons (Fsp3) is 0.385. The lowest BCUT2D eigenvalue weighted by Gasteiger charge is -2.18. The fourth-order valence-corrected chi connectivity index (χ4v) is 5.06. The summed E-state index contributed by atoms with van der Waals surface area (Å²) in [4.78, 5) is 16.5. The van der Waals surface area contributed by atoms with Crippen molar-refractivity contribution in [3.05, 3.63) is 69.9 Å². The number of aromatic nitrogens is 1. The minimum Gasteiger partial charge on any atom is -0.478 e. The minimum atomic E-state index is -4.73. The highest BCUT2D eigenvalue weighted by Crippen LogP contribution is 2.39. The Labute approximate surface area is 220 Å². The van der Waals surface area contributed by atoms with E-state index in [0.29, 0.717) is 29.6 Å². The van der Waals surface area contributed by atoms with E-state index >= 15 is 0 Å². The summed E-state index contributed by atoms with van der Waals surface area (Å²) >= 11 is 1.29. The molecule has 1 heterocycles. The lowest BCUT2D eigenvalue weighted by atomic mass is 10.0. The minimum absolute atomic E-state index is 0.183. The van der Waals surface area contributed by atoms with Crippen molar-refractivity contribution in [1.82, 2.24) is 4.98 Å². The van der Waals surface area contributed by atoms with Gasteiger partial charge in [0.2, 0.25) is 0 Å². The van der Waals surface area contributed by atoms with Crippen LogP contribution in [-0.4, -0.2) is 30.7 Å². The van der Waals surface area contributed by atoms with E-state index in [9.17, 15) is 31.5 Å². The average Bonchev–Trinajstić information content (AvgIpc) is 2.80. The zero-order valence-corrected chi connectivity index (χ0v) is 22.9. The number of benzene rings is 1. The van der Waals surface area contributed by atoms with Crippen LogP contribution in [0.2, 0.25) is 0 Å². The van der Waals surface area contributed by atoms with Crippen LogP contribution in [0, 0.1) is 5.92 Å². The van der Waals surface area contributed by atoms with E-state index < -0.39 is 33.1 Å². The molecule has 37 heavy (non-hydrogen) atoms. The highest BCUT2D eigenvalue weighted by Gasteiger charge is 2.32. The van der Waals surface area contributed by atoms with Crippen molar-refractivity contribution in [2.24, 2.45) is 5.92 Å². The van der Waals surface area contributed by atoms with E-state index in [2.05, 4.69) is 24.1 Å². The Hall–Kier alpha value is -2.79. The molecule has 1 aromatic heterocycles. The van der Waals surface area contributed by atoms with Gasteiger partial charge in [-0.25, -0.2) is 18.2 Å². The summed E-state index contributed by atoms with van der Waals surface area (Å²) in [5, 5.41) is 12.9. The Morgan fingerprint density at radius 2 is 1.84 bits per heavy atom. The number of hydrogen-bond donors (Lipinski definition) is 2. The molecule has 2 rings (SSSR count). The molecule has 0 saturated heterocycles. The van der Waals surface area contributed by atoms with Crippen LogP contribution >= 0.6 is 11.8 Å². The molecule has 1 aromatic carbocycles. The Kier molecular flexibility index (Phi) is 10.4. The Bertz CT molecular complexity index is 1280. The number of carboxylic acids is 1. The summed E-state index contributed by atoms with van der Waals surface area (Å²) < 4.78 is 63.1. The first kappa shape index (κ1) is 30.4. The van der Waals surface area contributed by atoms with Crippen molar-refractivity contribution < 1.29 is 31.5 Å². The van der Waals surface area contributed by atoms with Crippen LogP contribution in [0.4, 0.5) is 19.0 Å². The molecule has 0 spiro atoms. The van der Waals surface area contributed by atoms with Crippen LogP contribution in [0.3, 0.4) is 0 Å². The number of nitrogens with one attached hydrogen (secondary N) is 1. The fourth-order valence-electron chi connectivity index (χ4n) is 3.28. The van der Waals surface area contributed by atoms with Gasteiger partial charge in [-0.3, -0.25) is 0 Å². The van der Waals surface area contributed by atoms with Gasteiger partial charge in [-0.05, 0) is 55.9 Å². The van der Waals surface area contributed by atoms with Gasteiger partial charge in [0, 0.05) is 17.4 Å². The van der Waals surface area contributed by atoms with E-state index in [4.69, 9.17) is 0 Å². The highest BCUT2D eigenvalue weighted by molar-refractivity contribution is 8.11. The van der Waals surface area contributed by atoms with Gasteiger partial charge in [0.05, 0.1) is 15.5 Å². The lowest BCUT2D eigenvalue weighted by molar-refractivity contribution is -0.137. The van der Waals surface area contributed by atoms with E-state index in [1.165, 1.54) is 23.9 Å². The molecule has 11 heteroatoms. The third kappa shape index (κ3) is 8.92. The molecule has 0 bridgehead atoms. The number of anilines is 1. The molecule has 0 aliphatic carbocycles. The molecule has 0 atom stereocenters. The SMILES string of the molecule is CC/C=C(/Nc1ncc(C(F)(F)F)cc1C(=O)O)S/C(=C(\C)CCC(C)C)c1ccc(S(C)(=O)=O)cc1. The van der Waals surface area contributed by atoms with Gasteiger partial charge in [-0.15, -0.1) is 0 Å². The number of carbonyl (C=O) groups is 1. The van der Waals surface area contributed by atoms with Gasteiger partial charge in [0.1, 0.15) is 11.4 Å². The standard InChI is InChI=1S/C26H31F3N2O4S2/c1-6-7-22(31-24-21(25(32)33)14-19(15-30-24)26(27,28)29)36-23(17(4)9-8-16(2)3)18-10-12-20(13-11-18)37(5,34)35/h7,10-16H,6,8-9H2,1-5H3,(H,30,31)(H,32,33)/b22-7-,23-17+. The maximum atomic E-state index is 13.1. The maximum absolute atomic E-state index is 13.1. The van der Waals surface area contributed by atoms with Gasteiger partial charge in [0.25, 0.3) is 0 Å². The normalized spacial score (nSPS) is 13.5. The number of nitrogens with zero attached hydrogens (tertiary/aromatic N) is 1. The monoisotopic (exact) mass is 556 g/mol. The predicted octanol–water partition coefficient (Wildman–Crippen LogP) is 7.47. The molecule has 0 fully saturated rings. The number of aromatic carboxylic acids is 1. The van der Waals surface area contributed by atoms with Crippen LogP contribution in [0.5, 0.6) is 0 Å². The summed E-state index contributed by atoms with van der Waals surface area (Å²) in [6.07, 6.45) is 1.03. The van der Waals surface area contributed by atoms with Crippen LogP contribution in [-0.2, 0) is 16.0 Å². The van der Waals surface area contributed by atoms with Crippen molar-refractivity contribution in [2.45, 2.75) is 58.0 Å². The zero-order valence-electron chi connectivity index (χ0n) is 21.3. The van der Waals surface area contributed by atoms with Gasteiger partial charge < -0.3 is 10.4 Å². The third-order valence-corrected chi connectivity index (χ3v) is 7.72. The van der Waals surface area contributed by atoms with Gasteiger partial charge in [-0.1, -0.05) is 56.3 Å². The average molecular weight is 557 g/mol. The van der Waals surface area contributed by atoms with Crippen LogP contribution in [0.15, 0.2) is 58.1 Å². The Morgan fingerprint density at radius 3 is 2.32 bits per heavy atom. The number of pyridine rings is 1. The molecule has 0 saturated carbocycles. The molecule has 0 amide bonds. The summed E-state index contributed by atoms with van der Waals surface area (Å²) in [5.41, 5.74) is 0.0481. The number of allylic oxidation sites excluding steroid dienone is 2. The van der Waals surface area contributed by atoms with Gasteiger partial charge >= 0.3 is 12.1 Å². The van der Waals surface area contributed by atoms with Crippen molar-refractivity contribution in [1.29, 1.82) is 0 Å². The number of sulfone groups is 1. The van der Waals surface area contributed by atoms with E-state index in [1.54, 1.807) is 18.2 Å². The number of carboxylic acid groups (broad SMARTS) is 1. The van der Waals surface area contributed by atoms with E-state index in [1.807, 2.05) is 13.8 Å². The summed E-state index contributed by atoms with van der Waals surface area (Å²) in [6.45, 7) is 8.05. The number of rotatable bonds is 11. The summed E-state index contributed by atoms with van der Waals surface area (Å²) in [5.74, 6) is -1.30. The molecule has 2 N–H and O–H groups in total.